The maximum atomic E-state index is 12.2. The lowest BCUT2D eigenvalue weighted by molar-refractivity contribution is -0.385. The van der Waals surface area contributed by atoms with Gasteiger partial charge in [-0.3, -0.25) is 10.1 Å². The van der Waals surface area contributed by atoms with Gasteiger partial charge in [0, 0.05) is 25.3 Å². The van der Waals surface area contributed by atoms with E-state index in [1.165, 1.54) is 6.07 Å². The SMILES string of the molecule is Cc1cc(C)c([N+](=O)[O-])cc1NC(=O)N(C)[C@@H]1CCOC1. The van der Waals surface area contributed by atoms with Crippen LogP contribution in [0.2, 0.25) is 0 Å². The van der Waals surface area contributed by atoms with Crippen LogP contribution in [0.25, 0.3) is 0 Å². The van der Waals surface area contributed by atoms with Gasteiger partial charge in [-0.25, -0.2) is 4.79 Å². The number of ether oxygens (including phenoxy) is 1. The number of rotatable bonds is 3. The second kappa shape index (κ2) is 6.09. The monoisotopic (exact) mass is 293 g/mol. The maximum Gasteiger partial charge on any atom is 0.321 e. The molecule has 0 unspecified atom stereocenters. The van der Waals surface area contributed by atoms with Crippen molar-refractivity contribution in [3.05, 3.63) is 33.4 Å². The molecule has 1 aliphatic heterocycles. The molecule has 1 aliphatic rings. The Morgan fingerprint density at radius 2 is 2.14 bits per heavy atom. The summed E-state index contributed by atoms with van der Waals surface area (Å²) in [6, 6.07) is 2.87. The zero-order valence-corrected chi connectivity index (χ0v) is 12.4. The lowest BCUT2D eigenvalue weighted by atomic mass is 10.1. The number of carbonyl (C=O) groups excluding carboxylic acids is 1. The molecule has 0 spiro atoms. The van der Waals surface area contributed by atoms with Gasteiger partial charge in [0.15, 0.2) is 0 Å². The van der Waals surface area contributed by atoms with Gasteiger partial charge in [-0.15, -0.1) is 0 Å². The van der Waals surface area contributed by atoms with Crippen LogP contribution in [-0.4, -0.2) is 42.2 Å². The van der Waals surface area contributed by atoms with Crippen molar-refractivity contribution < 1.29 is 14.5 Å². The summed E-state index contributed by atoms with van der Waals surface area (Å²) in [7, 11) is 1.70. The molecule has 0 bridgehead atoms. The number of hydrogen-bond donors (Lipinski definition) is 1. The number of benzene rings is 1. The number of nitro benzene ring substituents is 1. The van der Waals surface area contributed by atoms with Crippen molar-refractivity contribution in [2.45, 2.75) is 26.3 Å². The molecule has 0 saturated carbocycles. The van der Waals surface area contributed by atoms with Gasteiger partial charge in [0.1, 0.15) is 0 Å². The number of urea groups is 1. The zero-order valence-electron chi connectivity index (χ0n) is 12.4. The fourth-order valence-corrected chi connectivity index (χ4v) is 2.37. The molecule has 2 amide bonds. The predicted octanol–water partition coefficient (Wildman–Crippen LogP) is 2.46. The minimum absolute atomic E-state index is 0.00255. The first-order valence-electron chi connectivity index (χ1n) is 6.77. The van der Waals surface area contributed by atoms with Gasteiger partial charge in [-0.2, -0.15) is 0 Å². The largest absolute Gasteiger partial charge is 0.379 e. The first-order valence-corrected chi connectivity index (χ1v) is 6.77. The average molecular weight is 293 g/mol. The van der Waals surface area contributed by atoms with E-state index in [-0.39, 0.29) is 17.8 Å². The number of nitro groups is 1. The van der Waals surface area contributed by atoms with Crippen molar-refractivity contribution in [3.8, 4) is 0 Å². The smallest absolute Gasteiger partial charge is 0.321 e. The first-order chi connectivity index (χ1) is 9.90. The molecule has 7 nitrogen and oxygen atoms in total. The number of likely N-dealkylation sites (N-methyl/N-ethyl adjacent to an activating group) is 1. The molecular formula is C14H19N3O4. The molecule has 1 fully saturated rings. The van der Waals surface area contributed by atoms with Crippen molar-refractivity contribution in [3.63, 3.8) is 0 Å². The number of nitrogens with zero attached hydrogens (tertiary/aromatic N) is 2. The van der Waals surface area contributed by atoms with Crippen molar-refractivity contribution in [2.24, 2.45) is 0 Å². The third kappa shape index (κ3) is 3.30. The molecule has 0 aliphatic carbocycles. The third-order valence-corrected chi connectivity index (χ3v) is 3.75. The van der Waals surface area contributed by atoms with E-state index >= 15 is 0 Å². The topological polar surface area (TPSA) is 84.7 Å². The highest BCUT2D eigenvalue weighted by molar-refractivity contribution is 5.90. The Kier molecular flexibility index (Phi) is 4.42. The van der Waals surface area contributed by atoms with Gasteiger partial charge < -0.3 is 15.0 Å². The van der Waals surface area contributed by atoms with E-state index in [2.05, 4.69) is 5.32 Å². The minimum Gasteiger partial charge on any atom is -0.379 e. The second-order valence-electron chi connectivity index (χ2n) is 5.27. The Hall–Kier alpha value is -2.15. The van der Waals surface area contributed by atoms with Gasteiger partial charge in [-0.1, -0.05) is 0 Å². The normalized spacial score (nSPS) is 17.6. The number of nitrogens with one attached hydrogen (secondary N) is 1. The van der Waals surface area contributed by atoms with Crippen LogP contribution in [0, 0.1) is 24.0 Å². The number of carbonyl (C=O) groups is 1. The molecule has 1 heterocycles. The van der Waals surface area contributed by atoms with Gasteiger partial charge in [-0.05, 0) is 31.9 Å². The van der Waals surface area contributed by atoms with Gasteiger partial charge >= 0.3 is 6.03 Å². The Balaban J connectivity index is 2.16. The molecule has 0 radical (unpaired) electrons. The highest BCUT2D eigenvalue weighted by atomic mass is 16.6. The summed E-state index contributed by atoms with van der Waals surface area (Å²) in [6.07, 6.45) is 0.803. The number of amides is 2. The van der Waals surface area contributed by atoms with Gasteiger partial charge in [0.05, 0.1) is 23.3 Å². The number of hydrogen-bond acceptors (Lipinski definition) is 4. The lowest BCUT2D eigenvalue weighted by Gasteiger charge is -2.24. The number of aryl methyl sites for hydroxylation is 2. The summed E-state index contributed by atoms with van der Waals surface area (Å²) in [5.41, 5.74) is 1.83. The Morgan fingerprint density at radius 1 is 1.43 bits per heavy atom. The molecule has 2 rings (SSSR count). The van der Waals surface area contributed by atoms with E-state index in [0.717, 1.165) is 12.0 Å². The van der Waals surface area contributed by atoms with E-state index in [9.17, 15) is 14.9 Å². The van der Waals surface area contributed by atoms with E-state index in [0.29, 0.717) is 24.5 Å². The standard InChI is InChI=1S/C14H19N3O4/c1-9-6-10(2)13(17(19)20)7-12(9)15-14(18)16(3)11-4-5-21-8-11/h6-7,11H,4-5,8H2,1-3H3,(H,15,18)/t11-/m1/s1. The Labute approximate surface area is 123 Å². The quantitative estimate of drug-likeness (QED) is 0.685. The van der Waals surface area contributed by atoms with E-state index in [1.54, 1.807) is 24.9 Å². The summed E-state index contributed by atoms with van der Waals surface area (Å²) in [5, 5.41) is 13.7. The summed E-state index contributed by atoms with van der Waals surface area (Å²) in [4.78, 5) is 24.3. The average Bonchev–Trinajstić information content (AvgIpc) is 2.94. The first kappa shape index (κ1) is 15.2. The zero-order chi connectivity index (χ0) is 15.6. The Morgan fingerprint density at radius 3 is 2.71 bits per heavy atom. The maximum absolute atomic E-state index is 12.2. The third-order valence-electron chi connectivity index (χ3n) is 3.75. The van der Waals surface area contributed by atoms with Gasteiger partial charge in [0.25, 0.3) is 5.69 Å². The molecule has 21 heavy (non-hydrogen) atoms. The highest BCUT2D eigenvalue weighted by Gasteiger charge is 2.25. The number of anilines is 1. The van der Waals surface area contributed by atoms with Crippen LogP contribution in [0.3, 0.4) is 0 Å². The summed E-state index contributed by atoms with van der Waals surface area (Å²) in [6.45, 7) is 4.66. The molecule has 0 aromatic heterocycles. The fraction of sp³-hybridized carbons (Fsp3) is 0.500. The molecule has 1 N–H and O–H groups in total. The molecule has 7 heteroatoms. The van der Waals surface area contributed by atoms with Crippen molar-refractivity contribution >= 4 is 17.4 Å². The molecule has 1 aromatic carbocycles. The van der Waals surface area contributed by atoms with Crippen molar-refractivity contribution in [1.82, 2.24) is 4.90 Å². The summed E-state index contributed by atoms with van der Waals surface area (Å²) < 4.78 is 5.26. The molecule has 1 atom stereocenters. The molecular weight excluding hydrogens is 274 g/mol. The van der Waals surface area contributed by atoms with Crippen LogP contribution in [0.1, 0.15) is 17.5 Å². The fourth-order valence-electron chi connectivity index (χ4n) is 2.37. The highest BCUT2D eigenvalue weighted by Crippen LogP contribution is 2.26. The van der Waals surface area contributed by atoms with Crippen LogP contribution in [0.5, 0.6) is 0 Å². The second-order valence-corrected chi connectivity index (χ2v) is 5.27. The van der Waals surface area contributed by atoms with Crippen LogP contribution in [0.4, 0.5) is 16.2 Å². The van der Waals surface area contributed by atoms with Crippen LogP contribution in [-0.2, 0) is 4.74 Å². The summed E-state index contributed by atoms with van der Waals surface area (Å²) >= 11 is 0. The predicted molar refractivity (Wildman–Crippen MR) is 78.6 cm³/mol. The molecule has 114 valence electrons. The van der Waals surface area contributed by atoms with Gasteiger partial charge in [0.2, 0.25) is 0 Å². The van der Waals surface area contributed by atoms with Crippen molar-refractivity contribution in [2.75, 3.05) is 25.6 Å². The van der Waals surface area contributed by atoms with Crippen LogP contribution in [0.15, 0.2) is 12.1 Å². The van der Waals surface area contributed by atoms with E-state index in [1.807, 2.05) is 6.92 Å². The van der Waals surface area contributed by atoms with Crippen LogP contribution >= 0.6 is 0 Å². The minimum atomic E-state index is -0.445. The summed E-state index contributed by atoms with van der Waals surface area (Å²) in [5.74, 6) is 0. The lowest BCUT2D eigenvalue weighted by Crippen LogP contribution is -2.40. The molecule has 1 saturated heterocycles. The molecule has 1 aromatic rings. The Bertz CT molecular complexity index is 568. The van der Waals surface area contributed by atoms with E-state index in [4.69, 9.17) is 4.74 Å². The van der Waals surface area contributed by atoms with Crippen molar-refractivity contribution in [1.29, 1.82) is 0 Å². The van der Waals surface area contributed by atoms with Crippen LogP contribution < -0.4 is 5.32 Å². The van der Waals surface area contributed by atoms with E-state index < -0.39 is 4.92 Å².